The van der Waals surface area contributed by atoms with Crippen LogP contribution < -0.4 is 5.32 Å². The Morgan fingerprint density at radius 1 is 1.48 bits per heavy atom. The van der Waals surface area contributed by atoms with Crippen molar-refractivity contribution in [2.24, 2.45) is 7.05 Å². The van der Waals surface area contributed by atoms with E-state index >= 15 is 0 Å². The Bertz CT molecular complexity index is 837. The highest BCUT2D eigenvalue weighted by atomic mass is 16.5. The third kappa shape index (κ3) is 2.77. The smallest absolute Gasteiger partial charge is 0.341 e. The predicted molar refractivity (Wildman–Crippen MR) is 85.2 cm³/mol. The van der Waals surface area contributed by atoms with Crippen LogP contribution in [0.25, 0.3) is 11.0 Å². The van der Waals surface area contributed by atoms with Crippen molar-refractivity contribution in [1.82, 2.24) is 14.8 Å². The van der Waals surface area contributed by atoms with Gasteiger partial charge in [-0.05, 0) is 26.0 Å². The summed E-state index contributed by atoms with van der Waals surface area (Å²) in [7, 11) is 1.82. The molecule has 3 aromatic rings. The molecule has 0 unspecified atom stereocenters. The standard InChI is InChI=1S/C16H18N4O3/c1-4-22-16(21)12-9-18-15-13(10(2)19-20(15)3)14(12)17-8-11-6-5-7-23-11/h5-7,9H,4,8H2,1-3H3,(H,17,18). The van der Waals surface area contributed by atoms with E-state index in [2.05, 4.69) is 15.4 Å². The molecule has 0 aromatic carbocycles. The normalized spacial score (nSPS) is 10.9. The second-order valence-corrected chi connectivity index (χ2v) is 5.11. The van der Waals surface area contributed by atoms with E-state index in [1.807, 2.05) is 26.1 Å². The summed E-state index contributed by atoms with van der Waals surface area (Å²) >= 11 is 0. The van der Waals surface area contributed by atoms with Crippen LogP contribution in [0.5, 0.6) is 0 Å². The van der Waals surface area contributed by atoms with Crippen LogP contribution in [-0.4, -0.2) is 27.3 Å². The fraction of sp³-hybridized carbons (Fsp3) is 0.312. The second kappa shape index (κ2) is 6.12. The van der Waals surface area contributed by atoms with Crippen LogP contribution in [0.3, 0.4) is 0 Å². The van der Waals surface area contributed by atoms with Crippen molar-refractivity contribution >= 4 is 22.7 Å². The third-order valence-electron chi connectivity index (χ3n) is 3.54. The Morgan fingerprint density at radius 2 is 2.30 bits per heavy atom. The minimum Gasteiger partial charge on any atom is -0.467 e. The van der Waals surface area contributed by atoms with Crippen molar-refractivity contribution in [3.63, 3.8) is 0 Å². The monoisotopic (exact) mass is 314 g/mol. The lowest BCUT2D eigenvalue weighted by molar-refractivity contribution is 0.0527. The number of furan rings is 1. The molecular weight excluding hydrogens is 296 g/mol. The summed E-state index contributed by atoms with van der Waals surface area (Å²) in [5, 5.41) is 8.45. The molecule has 0 aliphatic heterocycles. The van der Waals surface area contributed by atoms with Gasteiger partial charge in [0.15, 0.2) is 5.65 Å². The van der Waals surface area contributed by atoms with Gasteiger partial charge in [0, 0.05) is 13.2 Å². The van der Waals surface area contributed by atoms with Gasteiger partial charge in [-0.2, -0.15) is 5.10 Å². The number of aryl methyl sites for hydroxylation is 2. The minimum atomic E-state index is -0.410. The molecule has 0 spiro atoms. The number of hydrogen-bond donors (Lipinski definition) is 1. The number of aromatic nitrogens is 3. The molecule has 0 saturated heterocycles. The maximum Gasteiger partial charge on any atom is 0.341 e. The average Bonchev–Trinajstić information content (AvgIpc) is 3.14. The molecular formula is C16H18N4O3. The maximum absolute atomic E-state index is 12.2. The first-order chi connectivity index (χ1) is 11.1. The fourth-order valence-electron chi connectivity index (χ4n) is 2.55. The zero-order valence-corrected chi connectivity index (χ0v) is 13.3. The van der Waals surface area contributed by atoms with Crippen LogP contribution in [0.15, 0.2) is 29.0 Å². The molecule has 0 aliphatic carbocycles. The Hall–Kier alpha value is -2.83. The van der Waals surface area contributed by atoms with Crippen LogP contribution in [0.4, 0.5) is 5.69 Å². The number of hydrogen-bond acceptors (Lipinski definition) is 6. The first kappa shape index (κ1) is 15.1. The van der Waals surface area contributed by atoms with E-state index in [1.54, 1.807) is 17.9 Å². The molecule has 120 valence electrons. The summed E-state index contributed by atoms with van der Waals surface area (Å²) < 4.78 is 12.2. The zero-order valence-electron chi connectivity index (χ0n) is 13.3. The van der Waals surface area contributed by atoms with Crippen LogP contribution in [0.2, 0.25) is 0 Å². The lowest BCUT2D eigenvalue weighted by Crippen LogP contribution is -2.11. The molecule has 0 bridgehead atoms. The number of nitrogens with one attached hydrogen (secondary N) is 1. The Kier molecular flexibility index (Phi) is 4.01. The Labute approximate surface area is 133 Å². The molecule has 0 saturated carbocycles. The minimum absolute atomic E-state index is 0.306. The van der Waals surface area contributed by atoms with Crippen molar-refractivity contribution in [2.75, 3.05) is 11.9 Å². The summed E-state index contributed by atoms with van der Waals surface area (Å²) in [4.78, 5) is 16.6. The lowest BCUT2D eigenvalue weighted by atomic mass is 10.1. The highest BCUT2D eigenvalue weighted by molar-refractivity contribution is 6.05. The van der Waals surface area contributed by atoms with E-state index in [4.69, 9.17) is 9.15 Å². The molecule has 7 heteroatoms. The first-order valence-electron chi connectivity index (χ1n) is 7.37. The van der Waals surface area contributed by atoms with Gasteiger partial charge in [-0.3, -0.25) is 4.68 Å². The zero-order chi connectivity index (χ0) is 16.4. The number of fused-ring (bicyclic) bond motifs is 1. The number of pyridine rings is 1. The van der Waals surface area contributed by atoms with Gasteiger partial charge < -0.3 is 14.5 Å². The maximum atomic E-state index is 12.2. The van der Waals surface area contributed by atoms with Gasteiger partial charge in [-0.1, -0.05) is 0 Å². The SMILES string of the molecule is CCOC(=O)c1cnc2c(c(C)nn2C)c1NCc1ccco1. The molecule has 0 aliphatic rings. The lowest BCUT2D eigenvalue weighted by Gasteiger charge is -2.12. The third-order valence-corrected chi connectivity index (χ3v) is 3.54. The van der Waals surface area contributed by atoms with E-state index in [0.29, 0.717) is 30.0 Å². The number of carbonyl (C=O) groups is 1. The van der Waals surface area contributed by atoms with Crippen molar-refractivity contribution < 1.29 is 13.9 Å². The molecule has 3 rings (SSSR count). The molecule has 23 heavy (non-hydrogen) atoms. The van der Waals surface area contributed by atoms with E-state index in [1.165, 1.54) is 6.20 Å². The molecule has 7 nitrogen and oxygen atoms in total. The molecule has 0 radical (unpaired) electrons. The van der Waals surface area contributed by atoms with Gasteiger partial charge in [-0.25, -0.2) is 9.78 Å². The van der Waals surface area contributed by atoms with Crippen LogP contribution in [0, 0.1) is 6.92 Å². The Balaban J connectivity index is 2.08. The highest BCUT2D eigenvalue weighted by Gasteiger charge is 2.20. The topological polar surface area (TPSA) is 82.2 Å². The van der Waals surface area contributed by atoms with Crippen LogP contribution in [0.1, 0.15) is 28.7 Å². The van der Waals surface area contributed by atoms with Gasteiger partial charge in [0.05, 0.1) is 36.2 Å². The van der Waals surface area contributed by atoms with Gasteiger partial charge >= 0.3 is 5.97 Å². The number of anilines is 1. The van der Waals surface area contributed by atoms with E-state index in [-0.39, 0.29) is 0 Å². The van der Waals surface area contributed by atoms with Crippen molar-refractivity contribution in [3.05, 3.63) is 41.6 Å². The Morgan fingerprint density at radius 3 is 3.00 bits per heavy atom. The highest BCUT2D eigenvalue weighted by Crippen LogP contribution is 2.29. The predicted octanol–water partition coefficient (Wildman–Crippen LogP) is 2.66. The van der Waals surface area contributed by atoms with Crippen molar-refractivity contribution in [2.45, 2.75) is 20.4 Å². The molecule has 0 fully saturated rings. The number of ether oxygens (including phenoxy) is 1. The molecule has 3 heterocycles. The molecule has 0 atom stereocenters. The summed E-state index contributed by atoms with van der Waals surface area (Å²) in [6, 6.07) is 3.69. The molecule has 1 N–H and O–H groups in total. The van der Waals surface area contributed by atoms with E-state index in [0.717, 1.165) is 16.8 Å². The number of nitrogens with zero attached hydrogens (tertiary/aromatic N) is 3. The summed E-state index contributed by atoms with van der Waals surface area (Å²) in [6.07, 6.45) is 3.13. The van der Waals surface area contributed by atoms with E-state index < -0.39 is 5.97 Å². The quantitative estimate of drug-likeness (QED) is 0.729. The van der Waals surface area contributed by atoms with Crippen LogP contribution in [-0.2, 0) is 18.3 Å². The van der Waals surface area contributed by atoms with Gasteiger partial charge in [0.1, 0.15) is 11.3 Å². The second-order valence-electron chi connectivity index (χ2n) is 5.11. The summed E-state index contributed by atoms with van der Waals surface area (Å²) in [6.45, 7) is 4.42. The summed E-state index contributed by atoms with van der Waals surface area (Å²) in [5.41, 5.74) is 2.55. The van der Waals surface area contributed by atoms with Gasteiger partial charge in [0.2, 0.25) is 0 Å². The van der Waals surface area contributed by atoms with E-state index in [9.17, 15) is 4.79 Å². The molecule has 0 amide bonds. The van der Waals surface area contributed by atoms with Crippen molar-refractivity contribution in [3.8, 4) is 0 Å². The van der Waals surface area contributed by atoms with Gasteiger partial charge in [0.25, 0.3) is 0 Å². The summed E-state index contributed by atoms with van der Waals surface area (Å²) in [5.74, 6) is 0.360. The molecule has 3 aromatic heterocycles. The number of rotatable bonds is 5. The number of esters is 1. The number of carbonyl (C=O) groups excluding carboxylic acids is 1. The first-order valence-corrected chi connectivity index (χ1v) is 7.37. The van der Waals surface area contributed by atoms with Crippen LogP contribution >= 0.6 is 0 Å². The fourth-order valence-corrected chi connectivity index (χ4v) is 2.55. The van der Waals surface area contributed by atoms with Gasteiger partial charge in [-0.15, -0.1) is 0 Å². The largest absolute Gasteiger partial charge is 0.467 e. The average molecular weight is 314 g/mol. The van der Waals surface area contributed by atoms with Crippen molar-refractivity contribution in [1.29, 1.82) is 0 Å².